The Hall–Kier alpha value is -3.32. The molecule has 1 aliphatic carbocycles. The maximum Gasteiger partial charge on any atom is 0.252 e. The molecule has 4 atom stereocenters. The number of rotatable bonds is 7. The highest BCUT2D eigenvalue weighted by atomic mass is 16.5. The predicted molar refractivity (Wildman–Crippen MR) is 136 cm³/mol. The molecule has 2 fully saturated rings. The van der Waals surface area contributed by atoms with Gasteiger partial charge in [-0.1, -0.05) is 25.1 Å². The summed E-state index contributed by atoms with van der Waals surface area (Å²) in [6.45, 7) is 6.72. The molecule has 0 spiro atoms. The molecule has 7 heteroatoms. The lowest BCUT2D eigenvalue weighted by Gasteiger charge is -2.16. The van der Waals surface area contributed by atoms with Gasteiger partial charge in [0, 0.05) is 41.1 Å². The second-order valence-electron chi connectivity index (χ2n) is 9.82. The maximum atomic E-state index is 13.5. The summed E-state index contributed by atoms with van der Waals surface area (Å²) in [6, 6.07) is 13.6. The number of nitrogens with zero attached hydrogens (tertiary/aromatic N) is 3. The van der Waals surface area contributed by atoms with Crippen LogP contribution in [0.1, 0.15) is 37.0 Å². The van der Waals surface area contributed by atoms with Crippen LogP contribution in [-0.2, 0) is 0 Å². The van der Waals surface area contributed by atoms with Gasteiger partial charge in [-0.15, -0.1) is 0 Å². The SMILES string of the molecule is CCOc1ccc(-c2cc(C(=O)NC3C[C@@H]4C[N+](=CC(C)CO)C[C@@H]4C3)c3ccccc3n2)cn1. The topological polar surface area (TPSA) is 87.3 Å². The molecule has 1 amide bonds. The summed E-state index contributed by atoms with van der Waals surface area (Å²) in [6.07, 6.45) is 5.88. The summed E-state index contributed by atoms with van der Waals surface area (Å²) in [5.74, 6) is 1.88. The van der Waals surface area contributed by atoms with Gasteiger partial charge in [-0.2, -0.15) is 0 Å². The van der Waals surface area contributed by atoms with Crippen LogP contribution in [0, 0.1) is 17.8 Å². The van der Waals surface area contributed by atoms with Crippen LogP contribution in [0.3, 0.4) is 0 Å². The van der Waals surface area contributed by atoms with E-state index in [1.54, 1.807) is 6.20 Å². The van der Waals surface area contributed by atoms with Gasteiger partial charge in [-0.3, -0.25) is 4.79 Å². The minimum absolute atomic E-state index is 0.0500. The fourth-order valence-corrected chi connectivity index (χ4v) is 5.52. The van der Waals surface area contributed by atoms with Crippen molar-refractivity contribution in [2.75, 3.05) is 26.3 Å². The molecular formula is C28H33N4O3+. The summed E-state index contributed by atoms with van der Waals surface area (Å²) >= 11 is 0. The summed E-state index contributed by atoms with van der Waals surface area (Å²) < 4.78 is 7.80. The van der Waals surface area contributed by atoms with Crippen molar-refractivity contribution < 1.29 is 19.2 Å². The van der Waals surface area contributed by atoms with E-state index >= 15 is 0 Å². The Labute approximate surface area is 205 Å². The first-order chi connectivity index (χ1) is 17.0. The molecule has 7 nitrogen and oxygen atoms in total. The predicted octanol–water partition coefficient (Wildman–Crippen LogP) is 3.55. The highest BCUT2D eigenvalue weighted by Gasteiger charge is 2.44. The third-order valence-electron chi connectivity index (χ3n) is 7.15. The summed E-state index contributed by atoms with van der Waals surface area (Å²) in [4.78, 5) is 22.6. The van der Waals surface area contributed by atoms with Crippen molar-refractivity contribution in [2.24, 2.45) is 17.8 Å². The number of carbonyl (C=O) groups excluding carboxylic acids is 1. The maximum absolute atomic E-state index is 13.5. The molecule has 2 aromatic heterocycles. The lowest BCUT2D eigenvalue weighted by atomic mass is 10.0. The second kappa shape index (κ2) is 10.1. The van der Waals surface area contributed by atoms with Crippen molar-refractivity contribution in [1.29, 1.82) is 0 Å². The number of aromatic nitrogens is 2. The molecule has 182 valence electrons. The molecule has 3 aromatic rings. The molecule has 35 heavy (non-hydrogen) atoms. The standard InChI is InChI=1S/C28H32N4O3/c1-3-35-27-9-8-19(13-29-27)26-12-24(23-6-4-5-7-25(23)31-26)28(34)30-22-10-20-15-32(14-18(2)17-33)16-21(20)11-22/h4-9,12-14,18,20-22,33H,3,10-11,15-17H2,1-2H3/p+1/t18?,20-,21+,22?. The van der Waals surface area contributed by atoms with Crippen LogP contribution < -0.4 is 10.1 Å². The summed E-state index contributed by atoms with van der Waals surface area (Å²) in [5.41, 5.74) is 2.99. The van der Waals surface area contributed by atoms with E-state index in [1.165, 1.54) is 0 Å². The molecule has 1 aromatic carbocycles. The van der Waals surface area contributed by atoms with Crippen molar-refractivity contribution in [3.63, 3.8) is 0 Å². The van der Waals surface area contributed by atoms with Crippen LogP contribution in [0.5, 0.6) is 5.88 Å². The third-order valence-corrected chi connectivity index (χ3v) is 7.15. The van der Waals surface area contributed by atoms with E-state index in [2.05, 4.69) is 21.1 Å². The number of fused-ring (bicyclic) bond motifs is 2. The van der Waals surface area contributed by atoms with E-state index in [1.807, 2.05) is 56.3 Å². The first-order valence-electron chi connectivity index (χ1n) is 12.5. The minimum atomic E-state index is -0.0500. The summed E-state index contributed by atoms with van der Waals surface area (Å²) in [7, 11) is 0. The number of pyridine rings is 2. The molecule has 3 heterocycles. The molecule has 1 aliphatic heterocycles. The van der Waals surface area contributed by atoms with Crippen LogP contribution in [0.4, 0.5) is 0 Å². The van der Waals surface area contributed by atoms with Crippen LogP contribution in [0.25, 0.3) is 22.2 Å². The molecule has 1 saturated carbocycles. The Kier molecular flexibility index (Phi) is 6.77. The molecule has 1 saturated heterocycles. The molecular weight excluding hydrogens is 440 g/mol. The van der Waals surface area contributed by atoms with Gasteiger partial charge in [0.25, 0.3) is 5.91 Å². The zero-order valence-electron chi connectivity index (χ0n) is 20.4. The highest BCUT2D eigenvalue weighted by Crippen LogP contribution is 2.37. The number of benzene rings is 1. The monoisotopic (exact) mass is 473 g/mol. The fraction of sp³-hybridized carbons (Fsp3) is 0.429. The van der Waals surface area contributed by atoms with Crippen molar-refractivity contribution in [3.05, 3.63) is 54.2 Å². The van der Waals surface area contributed by atoms with Gasteiger partial charge in [0.1, 0.15) is 19.3 Å². The number of carbonyl (C=O) groups is 1. The fourth-order valence-electron chi connectivity index (χ4n) is 5.52. The quantitative estimate of drug-likeness (QED) is 0.513. The number of hydrogen-bond donors (Lipinski definition) is 2. The first kappa shape index (κ1) is 23.4. The zero-order chi connectivity index (χ0) is 24.4. The lowest BCUT2D eigenvalue weighted by molar-refractivity contribution is -0.509. The molecule has 0 radical (unpaired) electrons. The van der Waals surface area contributed by atoms with E-state index in [9.17, 15) is 9.90 Å². The first-order valence-corrected chi connectivity index (χ1v) is 12.5. The van der Waals surface area contributed by atoms with Crippen LogP contribution in [-0.4, -0.2) is 64.1 Å². The molecule has 5 rings (SSSR count). The third kappa shape index (κ3) is 5.05. The molecule has 0 bridgehead atoms. The van der Waals surface area contributed by atoms with E-state index in [4.69, 9.17) is 9.72 Å². The van der Waals surface area contributed by atoms with E-state index in [0.717, 1.165) is 48.1 Å². The van der Waals surface area contributed by atoms with Gasteiger partial charge in [0.15, 0.2) is 0 Å². The van der Waals surface area contributed by atoms with Gasteiger partial charge >= 0.3 is 0 Å². The molecule has 2 unspecified atom stereocenters. The summed E-state index contributed by atoms with van der Waals surface area (Å²) in [5, 5.41) is 13.5. The normalized spacial score (nSPS) is 23.4. The van der Waals surface area contributed by atoms with Crippen molar-refractivity contribution >= 4 is 23.0 Å². The minimum Gasteiger partial charge on any atom is -0.478 e. The highest BCUT2D eigenvalue weighted by molar-refractivity contribution is 6.07. The number of nitrogens with one attached hydrogen (secondary N) is 1. The number of aliphatic hydroxyl groups excluding tert-OH is 1. The van der Waals surface area contributed by atoms with Gasteiger partial charge in [-0.25, -0.2) is 14.5 Å². The van der Waals surface area contributed by atoms with Gasteiger partial charge in [0.2, 0.25) is 5.88 Å². The van der Waals surface area contributed by atoms with Crippen molar-refractivity contribution in [3.8, 4) is 17.1 Å². The number of ether oxygens (including phenoxy) is 1. The smallest absolute Gasteiger partial charge is 0.252 e. The Morgan fingerprint density at radius 1 is 1.23 bits per heavy atom. The lowest BCUT2D eigenvalue weighted by Crippen LogP contribution is -2.34. The van der Waals surface area contributed by atoms with Crippen LogP contribution in [0.2, 0.25) is 0 Å². The van der Waals surface area contributed by atoms with Crippen LogP contribution >= 0.6 is 0 Å². The van der Waals surface area contributed by atoms with Crippen LogP contribution in [0.15, 0.2) is 48.7 Å². The Morgan fingerprint density at radius 2 is 2.00 bits per heavy atom. The average molecular weight is 474 g/mol. The van der Waals surface area contributed by atoms with Gasteiger partial charge in [-0.05, 0) is 38.0 Å². The Bertz CT molecular complexity index is 1220. The number of amides is 1. The number of para-hydroxylation sites is 1. The van der Waals surface area contributed by atoms with E-state index < -0.39 is 0 Å². The van der Waals surface area contributed by atoms with E-state index in [-0.39, 0.29) is 24.5 Å². The Balaban J connectivity index is 1.34. The van der Waals surface area contributed by atoms with Gasteiger partial charge in [0.05, 0.1) is 35.9 Å². The molecule has 2 N–H and O–H groups in total. The average Bonchev–Trinajstić information content (AvgIpc) is 3.41. The molecule has 2 aliphatic rings. The van der Waals surface area contributed by atoms with Crippen molar-refractivity contribution in [1.82, 2.24) is 15.3 Å². The Morgan fingerprint density at radius 3 is 2.69 bits per heavy atom. The second-order valence-corrected chi connectivity index (χ2v) is 9.82. The number of aliphatic hydroxyl groups is 1. The van der Waals surface area contributed by atoms with E-state index in [0.29, 0.717) is 29.9 Å². The van der Waals surface area contributed by atoms with Gasteiger partial charge < -0.3 is 15.2 Å². The zero-order valence-corrected chi connectivity index (χ0v) is 20.4. The number of hydrogen-bond acceptors (Lipinski definition) is 5. The van der Waals surface area contributed by atoms with Crippen molar-refractivity contribution in [2.45, 2.75) is 32.7 Å². The largest absolute Gasteiger partial charge is 0.478 e.